The number of methoxy groups -OCH3 is 1. The van der Waals surface area contributed by atoms with Crippen LogP contribution in [0.2, 0.25) is 0 Å². The first-order chi connectivity index (χ1) is 9.99. The Morgan fingerprint density at radius 2 is 1.95 bits per heavy atom. The molecule has 0 aliphatic rings. The normalized spacial score (nSPS) is 10.3. The number of anilines is 1. The first-order valence-corrected chi connectivity index (χ1v) is 6.38. The van der Waals surface area contributed by atoms with Crippen molar-refractivity contribution in [3.63, 3.8) is 0 Å². The van der Waals surface area contributed by atoms with Crippen molar-refractivity contribution >= 4 is 11.6 Å². The maximum Gasteiger partial charge on any atom is 0.228 e. The summed E-state index contributed by atoms with van der Waals surface area (Å²) in [6, 6.07) is 8.46. The molecule has 0 heterocycles. The maximum absolute atomic E-state index is 13.5. The van der Waals surface area contributed by atoms with E-state index in [2.05, 4.69) is 5.32 Å². The summed E-state index contributed by atoms with van der Waals surface area (Å²) in [5.41, 5.74) is 1.70. The minimum atomic E-state index is -0.513. The average molecular weight is 291 g/mol. The summed E-state index contributed by atoms with van der Waals surface area (Å²) in [6.45, 7) is 1.70. The zero-order chi connectivity index (χ0) is 15.4. The van der Waals surface area contributed by atoms with E-state index in [-0.39, 0.29) is 23.9 Å². The van der Waals surface area contributed by atoms with Gasteiger partial charge < -0.3 is 10.1 Å². The van der Waals surface area contributed by atoms with Gasteiger partial charge in [-0.3, -0.25) is 4.79 Å². The average Bonchev–Trinajstić information content (AvgIpc) is 2.42. The molecule has 1 N–H and O–H groups in total. The van der Waals surface area contributed by atoms with E-state index >= 15 is 0 Å². The van der Waals surface area contributed by atoms with Gasteiger partial charge in [-0.1, -0.05) is 6.07 Å². The predicted octanol–water partition coefficient (Wildman–Crippen LogP) is 3.46. The van der Waals surface area contributed by atoms with Gasteiger partial charge in [0.15, 0.2) is 11.6 Å². The minimum absolute atomic E-state index is 0.0255. The molecule has 0 bridgehead atoms. The van der Waals surface area contributed by atoms with Crippen molar-refractivity contribution in [1.29, 1.82) is 0 Å². The summed E-state index contributed by atoms with van der Waals surface area (Å²) in [5.74, 6) is -1.04. The van der Waals surface area contributed by atoms with Gasteiger partial charge in [0, 0.05) is 5.69 Å². The molecule has 0 spiro atoms. The number of amides is 1. The first kappa shape index (κ1) is 15.0. The van der Waals surface area contributed by atoms with Gasteiger partial charge in [0.05, 0.1) is 13.5 Å². The predicted molar refractivity (Wildman–Crippen MR) is 76.4 cm³/mol. The molecule has 21 heavy (non-hydrogen) atoms. The topological polar surface area (TPSA) is 38.3 Å². The lowest BCUT2D eigenvalue weighted by molar-refractivity contribution is -0.115. The number of hydrogen-bond donors (Lipinski definition) is 1. The van der Waals surface area contributed by atoms with Crippen LogP contribution in [0.15, 0.2) is 36.4 Å². The Bertz CT molecular complexity index is 671. The van der Waals surface area contributed by atoms with Crippen molar-refractivity contribution in [2.45, 2.75) is 13.3 Å². The van der Waals surface area contributed by atoms with Crippen LogP contribution in [0.1, 0.15) is 11.1 Å². The Labute approximate surface area is 121 Å². The van der Waals surface area contributed by atoms with E-state index < -0.39 is 5.82 Å². The molecule has 0 saturated carbocycles. The van der Waals surface area contributed by atoms with Crippen LogP contribution in [0.3, 0.4) is 0 Å². The quantitative estimate of drug-likeness (QED) is 0.936. The van der Waals surface area contributed by atoms with E-state index in [4.69, 9.17) is 4.74 Å². The van der Waals surface area contributed by atoms with E-state index in [1.54, 1.807) is 13.0 Å². The molecule has 3 nitrogen and oxygen atoms in total. The number of nitrogens with one attached hydrogen (secondary N) is 1. The second-order valence-electron chi connectivity index (χ2n) is 4.65. The number of carbonyl (C=O) groups excluding carboxylic acids is 1. The van der Waals surface area contributed by atoms with Gasteiger partial charge >= 0.3 is 0 Å². The minimum Gasteiger partial charge on any atom is -0.494 e. The number of carbonyl (C=O) groups is 1. The molecule has 2 aromatic rings. The fourth-order valence-corrected chi connectivity index (χ4v) is 1.97. The molecule has 5 heteroatoms. The molecule has 2 aromatic carbocycles. The maximum atomic E-state index is 13.5. The van der Waals surface area contributed by atoms with Crippen molar-refractivity contribution in [1.82, 2.24) is 0 Å². The van der Waals surface area contributed by atoms with Gasteiger partial charge in [0.2, 0.25) is 5.91 Å². The third kappa shape index (κ3) is 3.78. The number of benzene rings is 2. The smallest absolute Gasteiger partial charge is 0.228 e. The second kappa shape index (κ2) is 6.35. The van der Waals surface area contributed by atoms with Gasteiger partial charge in [-0.15, -0.1) is 0 Å². The number of hydrogen-bond acceptors (Lipinski definition) is 2. The molecule has 0 saturated heterocycles. The van der Waals surface area contributed by atoms with Crippen LogP contribution in [0.25, 0.3) is 0 Å². The third-order valence-corrected chi connectivity index (χ3v) is 3.04. The van der Waals surface area contributed by atoms with Crippen LogP contribution >= 0.6 is 0 Å². The zero-order valence-electron chi connectivity index (χ0n) is 11.7. The van der Waals surface area contributed by atoms with Gasteiger partial charge in [-0.25, -0.2) is 8.78 Å². The molecule has 110 valence electrons. The van der Waals surface area contributed by atoms with Crippen LogP contribution < -0.4 is 10.1 Å². The molecule has 0 aliphatic carbocycles. The van der Waals surface area contributed by atoms with Crippen molar-refractivity contribution in [3.05, 3.63) is 59.2 Å². The van der Waals surface area contributed by atoms with Crippen LogP contribution in [0.5, 0.6) is 5.75 Å². The standard InChI is InChI=1S/C16H15F2NO2/c1-10-7-12(17)4-5-14(10)19-16(20)9-11-3-6-15(21-2)13(18)8-11/h3-8H,9H2,1-2H3,(H,19,20). The highest BCUT2D eigenvalue weighted by Crippen LogP contribution is 2.19. The summed E-state index contributed by atoms with van der Waals surface area (Å²) in [4.78, 5) is 11.9. The van der Waals surface area contributed by atoms with E-state index in [0.29, 0.717) is 16.8 Å². The van der Waals surface area contributed by atoms with Crippen molar-refractivity contribution in [2.24, 2.45) is 0 Å². The third-order valence-electron chi connectivity index (χ3n) is 3.04. The van der Waals surface area contributed by atoms with E-state index in [1.165, 1.54) is 37.4 Å². The summed E-state index contributed by atoms with van der Waals surface area (Å²) >= 11 is 0. The number of halogens is 2. The van der Waals surface area contributed by atoms with E-state index in [0.717, 1.165) is 0 Å². The highest BCUT2D eigenvalue weighted by Gasteiger charge is 2.09. The van der Waals surface area contributed by atoms with Gasteiger partial charge in [0.1, 0.15) is 5.82 Å². The summed E-state index contributed by atoms with van der Waals surface area (Å²) in [5, 5.41) is 2.67. The van der Waals surface area contributed by atoms with E-state index in [1.807, 2.05) is 0 Å². The largest absolute Gasteiger partial charge is 0.494 e. The first-order valence-electron chi connectivity index (χ1n) is 6.38. The highest BCUT2D eigenvalue weighted by atomic mass is 19.1. The summed E-state index contributed by atoms with van der Waals surface area (Å²) in [7, 11) is 1.38. The summed E-state index contributed by atoms with van der Waals surface area (Å²) in [6.07, 6.45) is 0.0255. The Balaban J connectivity index is 2.06. The molecule has 2 rings (SSSR count). The lowest BCUT2D eigenvalue weighted by Gasteiger charge is -2.09. The van der Waals surface area contributed by atoms with Crippen molar-refractivity contribution < 1.29 is 18.3 Å². The Morgan fingerprint density at radius 1 is 1.19 bits per heavy atom. The molecular formula is C16H15F2NO2. The monoisotopic (exact) mass is 291 g/mol. The molecule has 0 aromatic heterocycles. The van der Waals surface area contributed by atoms with E-state index in [9.17, 15) is 13.6 Å². The highest BCUT2D eigenvalue weighted by molar-refractivity contribution is 5.92. The Morgan fingerprint density at radius 3 is 2.57 bits per heavy atom. The lowest BCUT2D eigenvalue weighted by Crippen LogP contribution is -2.15. The Kier molecular flexibility index (Phi) is 4.52. The SMILES string of the molecule is COc1ccc(CC(=O)Nc2ccc(F)cc2C)cc1F. The van der Waals surface area contributed by atoms with Gasteiger partial charge in [0.25, 0.3) is 0 Å². The summed E-state index contributed by atoms with van der Waals surface area (Å²) < 4.78 is 31.3. The molecule has 1 amide bonds. The lowest BCUT2D eigenvalue weighted by atomic mass is 10.1. The molecular weight excluding hydrogens is 276 g/mol. The van der Waals surface area contributed by atoms with Crippen LogP contribution in [-0.4, -0.2) is 13.0 Å². The van der Waals surface area contributed by atoms with Gasteiger partial charge in [-0.2, -0.15) is 0 Å². The van der Waals surface area contributed by atoms with Crippen molar-refractivity contribution in [3.8, 4) is 5.75 Å². The molecule has 0 radical (unpaired) electrons. The van der Waals surface area contributed by atoms with Crippen LogP contribution in [-0.2, 0) is 11.2 Å². The number of rotatable bonds is 4. The molecule has 0 atom stereocenters. The molecule has 0 unspecified atom stereocenters. The molecule has 0 fully saturated rings. The van der Waals surface area contributed by atoms with Crippen molar-refractivity contribution in [2.75, 3.05) is 12.4 Å². The van der Waals surface area contributed by atoms with Crippen LogP contribution in [0, 0.1) is 18.6 Å². The fraction of sp³-hybridized carbons (Fsp3) is 0.188. The van der Waals surface area contributed by atoms with Crippen LogP contribution in [0.4, 0.5) is 14.5 Å². The fourth-order valence-electron chi connectivity index (χ4n) is 1.97. The number of aryl methyl sites for hydroxylation is 1. The van der Waals surface area contributed by atoms with Gasteiger partial charge in [-0.05, 0) is 48.4 Å². The Hall–Kier alpha value is -2.43. The second-order valence-corrected chi connectivity index (χ2v) is 4.65. The molecule has 0 aliphatic heterocycles. The zero-order valence-corrected chi connectivity index (χ0v) is 11.7. The number of ether oxygens (including phenoxy) is 1.